The van der Waals surface area contributed by atoms with Crippen LogP contribution in [-0.2, 0) is 65.3 Å². The summed E-state index contributed by atoms with van der Waals surface area (Å²) in [6.07, 6.45) is 3.23. The summed E-state index contributed by atoms with van der Waals surface area (Å²) in [6.45, 7) is 7.85. The highest BCUT2D eigenvalue weighted by atomic mass is 35.5. The fourth-order valence-electron chi connectivity index (χ4n) is 12.3. The van der Waals surface area contributed by atoms with Crippen molar-refractivity contribution in [3.63, 3.8) is 0 Å². The molecule has 0 aromatic heterocycles. The summed E-state index contributed by atoms with van der Waals surface area (Å²) in [7, 11) is 10.3. The Morgan fingerprint density at radius 2 is 1.27 bits per heavy atom. The third-order valence-corrected chi connectivity index (χ3v) is 18.9. The monoisotopic (exact) mass is 1290 g/mol. The fourth-order valence-corrected chi connectivity index (χ4v) is 12.6. The maximum atomic E-state index is 14.7. The SMILES string of the molecule is CC[C@H](C)[C@@H]1NC(=O)[C@H](CC(C)C)N(C)C(=O)C[C@@H](C)N(C)C(=O)[C@H](C2CC2)N(C)C(=O)CCCCNC(=O)[C@@H]2CCCN2C(=O)[C@H](CCc2ccc(C(F)(F)F)c(Cl)c2)NC(=O)CN(C)C(=O)[C@H](CC2CCCCC2)N(C)C(=O)CN(C)C(=O)CN(C)C1=O. The normalized spacial score (nSPS) is 26.3. The van der Waals surface area contributed by atoms with Crippen LogP contribution in [0.3, 0.4) is 0 Å². The molecule has 11 amide bonds. The number of amides is 11. The zero-order chi connectivity index (χ0) is 67.1. The van der Waals surface area contributed by atoms with E-state index in [2.05, 4.69) is 16.0 Å². The molecule has 0 unspecified atom stereocenters. The summed E-state index contributed by atoms with van der Waals surface area (Å²) >= 11 is 6.07. The molecule has 1 aromatic rings. The lowest BCUT2D eigenvalue weighted by Gasteiger charge is -2.36. The van der Waals surface area contributed by atoms with Gasteiger partial charge in [-0.05, 0) is 112 Å². The van der Waals surface area contributed by atoms with Crippen LogP contribution in [0, 0.1) is 23.7 Å². The fraction of sp³-hybridized carbons (Fsp3) is 0.734. The van der Waals surface area contributed by atoms with Crippen LogP contribution >= 0.6 is 11.6 Å². The van der Waals surface area contributed by atoms with Crippen molar-refractivity contribution in [2.24, 2.45) is 23.7 Å². The van der Waals surface area contributed by atoms with Gasteiger partial charge in [-0.15, -0.1) is 0 Å². The Bertz CT molecular complexity index is 2730. The molecular weight excluding hydrogens is 1190 g/mol. The van der Waals surface area contributed by atoms with Gasteiger partial charge < -0.3 is 55.1 Å². The van der Waals surface area contributed by atoms with Gasteiger partial charge in [0.1, 0.15) is 36.3 Å². The Hall–Kier alpha value is -6.53. The second-order valence-electron chi connectivity index (χ2n) is 26.1. The van der Waals surface area contributed by atoms with Crippen LogP contribution in [0.5, 0.6) is 0 Å². The van der Waals surface area contributed by atoms with Crippen molar-refractivity contribution in [3.05, 3.63) is 34.3 Å². The second kappa shape index (κ2) is 33.7. The Labute approximate surface area is 534 Å². The van der Waals surface area contributed by atoms with Crippen molar-refractivity contribution in [2.45, 2.75) is 199 Å². The average Bonchev–Trinajstić information content (AvgIpc) is 1.62. The van der Waals surface area contributed by atoms with Gasteiger partial charge in [0.25, 0.3) is 0 Å². The molecule has 2 aliphatic heterocycles. The topological polar surface area (TPSA) is 250 Å². The first-order chi connectivity index (χ1) is 42.3. The van der Waals surface area contributed by atoms with Gasteiger partial charge in [-0.3, -0.25) is 52.7 Å². The van der Waals surface area contributed by atoms with Crippen LogP contribution in [0.15, 0.2) is 18.2 Å². The molecule has 5 rings (SSSR count). The van der Waals surface area contributed by atoms with Crippen molar-refractivity contribution in [2.75, 3.05) is 82.1 Å². The third-order valence-electron chi connectivity index (χ3n) is 18.6. The van der Waals surface area contributed by atoms with Gasteiger partial charge in [-0.25, -0.2) is 0 Å². The number of nitrogens with one attached hydrogen (secondary N) is 3. The molecule has 0 bridgehead atoms. The van der Waals surface area contributed by atoms with Crippen molar-refractivity contribution in [1.82, 2.24) is 55.1 Å². The van der Waals surface area contributed by atoms with Crippen LogP contribution in [0.2, 0.25) is 5.02 Å². The lowest BCUT2D eigenvalue weighted by atomic mass is 9.84. The molecule has 90 heavy (non-hydrogen) atoms. The van der Waals surface area contributed by atoms with Crippen LogP contribution in [-0.4, -0.2) is 229 Å². The molecule has 2 aliphatic carbocycles. The summed E-state index contributed by atoms with van der Waals surface area (Å²) in [5.74, 6) is -6.49. The number of carbonyl (C=O) groups excluding carboxylic acids is 11. The molecule has 0 radical (unpaired) electrons. The first kappa shape index (κ1) is 74.2. The van der Waals surface area contributed by atoms with Crippen LogP contribution < -0.4 is 16.0 Å². The molecule has 2 saturated heterocycles. The van der Waals surface area contributed by atoms with Crippen molar-refractivity contribution < 1.29 is 65.9 Å². The lowest BCUT2D eigenvalue weighted by Crippen LogP contribution is -2.57. The lowest BCUT2D eigenvalue weighted by molar-refractivity contribution is -0.149. The van der Waals surface area contributed by atoms with E-state index in [0.717, 1.165) is 66.9 Å². The van der Waals surface area contributed by atoms with E-state index in [1.165, 1.54) is 70.7 Å². The number of aryl methyl sites for hydroxylation is 1. The smallest absolute Gasteiger partial charge is 0.354 e. The maximum absolute atomic E-state index is 14.7. The quantitative estimate of drug-likeness (QED) is 0.278. The van der Waals surface area contributed by atoms with E-state index in [4.69, 9.17) is 11.6 Å². The number of rotatable bonds is 10. The van der Waals surface area contributed by atoms with E-state index in [9.17, 15) is 65.9 Å². The molecule has 3 N–H and O–H groups in total. The van der Waals surface area contributed by atoms with Gasteiger partial charge in [0, 0.05) is 81.3 Å². The predicted molar refractivity (Wildman–Crippen MR) is 332 cm³/mol. The predicted octanol–water partition coefficient (Wildman–Crippen LogP) is 5.12. The van der Waals surface area contributed by atoms with Crippen LogP contribution in [0.4, 0.5) is 13.2 Å². The van der Waals surface area contributed by atoms with E-state index < -0.39 is 138 Å². The Kier molecular flexibility index (Phi) is 27.8. The average molecular weight is 1290 g/mol. The van der Waals surface area contributed by atoms with E-state index in [0.29, 0.717) is 31.2 Å². The Morgan fingerprint density at radius 3 is 1.88 bits per heavy atom. The van der Waals surface area contributed by atoms with E-state index in [1.807, 2.05) is 20.8 Å². The highest BCUT2D eigenvalue weighted by Gasteiger charge is 2.44. The molecule has 2 saturated carbocycles. The molecule has 504 valence electrons. The summed E-state index contributed by atoms with van der Waals surface area (Å²) < 4.78 is 41.0. The largest absolute Gasteiger partial charge is 0.417 e. The zero-order valence-electron chi connectivity index (χ0n) is 54.9. The minimum absolute atomic E-state index is 0.0260. The van der Waals surface area contributed by atoms with E-state index in [1.54, 1.807) is 27.9 Å². The maximum Gasteiger partial charge on any atom is 0.417 e. The number of nitrogens with zero attached hydrogens (tertiary/aromatic N) is 8. The van der Waals surface area contributed by atoms with Crippen molar-refractivity contribution in [1.29, 1.82) is 0 Å². The van der Waals surface area contributed by atoms with Crippen molar-refractivity contribution in [3.8, 4) is 0 Å². The van der Waals surface area contributed by atoms with Gasteiger partial charge in [0.15, 0.2) is 0 Å². The molecule has 8 atom stereocenters. The Balaban J connectivity index is 1.45. The first-order valence-electron chi connectivity index (χ1n) is 32.1. The highest BCUT2D eigenvalue weighted by Crippen LogP contribution is 2.38. The summed E-state index contributed by atoms with van der Waals surface area (Å²) in [6, 6.07) is -3.78. The van der Waals surface area contributed by atoms with E-state index >= 15 is 0 Å². The Morgan fingerprint density at radius 1 is 0.633 bits per heavy atom. The standard InChI is InChI=1S/C64H99ClF3N11O11/c1-13-40(4)56-62(89)74(8)37-54(83)72(6)38-55(84)77(11)50(35-42-20-15-14-16-21-42)61(88)73(7)36-51(80)70-47(29-25-43-24-28-45(46(65)34-43)64(66,67)68)60(87)79-31-19-22-48(79)58(85)69-30-18-17-23-52(81)78(12)57(44-26-27-44)63(90)75(9)41(5)33-53(82)76(10)49(32-39(2)3)59(86)71-56/h24,28,34,39-42,44,47-50,56-57H,13-23,25-27,29-33,35-38H2,1-12H3,(H,69,85)(H,70,80)(H,71,86)/t40-,41+,47-,48-,49-,50-,56-,57-/m0/s1. The molecule has 0 spiro atoms. The number of hydrogen-bond acceptors (Lipinski definition) is 11. The molecule has 4 aliphatic rings. The second-order valence-corrected chi connectivity index (χ2v) is 26.5. The minimum Gasteiger partial charge on any atom is -0.354 e. The number of likely N-dealkylation sites (N-methyl/N-ethyl adjacent to an activating group) is 7. The first-order valence-corrected chi connectivity index (χ1v) is 32.5. The van der Waals surface area contributed by atoms with E-state index in [-0.39, 0.29) is 87.6 Å². The molecular formula is C64H99ClF3N11O11. The number of alkyl halides is 3. The molecule has 26 heteroatoms. The number of hydrogen-bond donors (Lipinski definition) is 3. The number of halogens is 4. The number of benzene rings is 1. The van der Waals surface area contributed by atoms with Gasteiger partial charge in [-0.2, -0.15) is 13.2 Å². The summed E-state index contributed by atoms with van der Waals surface area (Å²) in [5.41, 5.74) is -0.711. The van der Waals surface area contributed by atoms with Gasteiger partial charge in [0.05, 0.1) is 30.2 Å². The highest BCUT2D eigenvalue weighted by molar-refractivity contribution is 6.31. The molecule has 1 aromatic carbocycles. The molecule has 22 nitrogen and oxygen atoms in total. The number of carbonyl (C=O) groups is 11. The molecule has 4 fully saturated rings. The van der Waals surface area contributed by atoms with Gasteiger partial charge in [-0.1, -0.05) is 83.9 Å². The summed E-state index contributed by atoms with van der Waals surface area (Å²) in [4.78, 5) is 167. The van der Waals surface area contributed by atoms with Gasteiger partial charge in [0.2, 0.25) is 65.0 Å². The van der Waals surface area contributed by atoms with Crippen LogP contribution in [0.1, 0.15) is 155 Å². The number of fused-ring (bicyclic) bond motifs is 1. The van der Waals surface area contributed by atoms with Crippen LogP contribution in [0.25, 0.3) is 0 Å². The van der Waals surface area contributed by atoms with Gasteiger partial charge >= 0.3 is 6.18 Å². The summed E-state index contributed by atoms with van der Waals surface area (Å²) in [5, 5.41) is 7.96. The third kappa shape index (κ3) is 20.5. The zero-order valence-corrected chi connectivity index (χ0v) is 55.7. The molecule has 2 heterocycles. The minimum atomic E-state index is -4.72. The van der Waals surface area contributed by atoms with Crippen molar-refractivity contribution >= 4 is 76.6 Å².